The van der Waals surface area contributed by atoms with Gasteiger partial charge in [0.15, 0.2) is 0 Å². The molecule has 1 N–H and O–H groups in total. The van der Waals surface area contributed by atoms with Crippen LogP contribution in [0.5, 0.6) is 0 Å². The zero-order chi connectivity index (χ0) is 16.3. The number of halogens is 1. The molecule has 3 rings (SSSR count). The summed E-state index contributed by atoms with van der Waals surface area (Å²) in [6.45, 7) is 5.56. The highest BCUT2D eigenvalue weighted by Crippen LogP contribution is 2.38. The van der Waals surface area contributed by atoms with Crippen molar-refractivity contribution in [3.8, 4) is 0 Å². The minimum absolute atomic E-state index is 0.0406. The largest absolute Gasteiger partial charge is 0.379 e. The van der Waals surface area contributed by atoms with E-state index in [2.05, 4.69) is 43.0 Å². The van der Waals surface area contributed by atoms with Crippen molar-refractivity contribution in [2.24, 2.45) is 0 Å². The topological polar surface area (TPSA) is 67.4 Å². The third-order valence-electron chi connectivity index (χ3n) is 5.15. The van der Waals surface area contributed by atoms with E-state index in [4.69, 9.17) is 4.74 Å². The predicted octanol–water partition coefficient (Wildman–Crippen LogP) is 2.00. The van der Waals surface area contributed by atoms with Crippen molar-refractivity contribution in [2.45, 2.75) is 44.2 Å². The van der Waals surface area contributed by atoms with E-state index in [9.17, 15) is 4.79 Å². The van der Waals surface area contributed by atoms with Gasteiger partial charge in [-0.1, -0.05) is 12.8 Å². The first-order valence-electron chi connectivity index (χ1n) is 8.23. The van der Waals surface area contributed by atoms with Crippen molar-refractivity contribution in [1.29, 1.82) is 0 Å². The minimum Gasteiger partial charge on any atom is -0.379 e. The molecule has 0 radical (unpaired) electrons. The number of carbonyl (C=O) groups is 1. The third-order valence-corrected chi connectivity index (χ3v) is 5.73. The maximum absolute atomic E-state index is 12.6. The van der Waals surface area contributed by atoms with E-state index in [-0.39, 0.29) is 17.5 Å². The lowest BCUT2D eigenvalue weighted by Gasteiger charge is -2.47. The van der Waals surface area contributed by atoms with Crippen molar-refractivity contribution >= 4 is 21.8 Å². The Labute approximate surface area is 145 Å². The number of nitrogens with zero attached hydrogens (tertiary/aromatic N) is 3. The summed E-state index contributed by atoms with van der Waals surface area (Å²) in [6, 6.07) is 0.0671. The zero-order valence-corrected chi connectivity index (χ0v) is 15.0. The van der Waals surface area contributed by atoms with E-state index in [1.165, 1.54) is 19.2 Å². The summed E-state index contributed by atoms with van der Waals surface area (Å²) < 4.78 is 6.12. The lowest BCUT2D eigenvalue weighted by Crippen LogP contribution is -2.62. The number of aromatic nitrogens is 2. The molecular formula is C16H23BrN4O2. The summed E-state index contributed by atoms with van der Waals surface area (Å²) in [4.78, 5) is 23.1. The second-order valence-corrected chi connectivity index (χ2v) is 7.18. The fourth-order valence-corrected chi connectivity index (χ4v) is 4.30. The molecule has 1 aromatic rings. The number of nitrogens with one attached hydrogen (secondary N) is 1. The fraction of sp³-hybridized carbons (Fsp3) is 0.688. The van der Waals surface area contributed by atoms with Crippen LogP contribution < -0.4 is 5.32 Å². The summed E-state index contributed by atoms with van der Waals surface area (Å²) in [6.07, 6.45) is 7.68. The van der Waals surface area contributed by atoms with Crippen LogP contribution in [0.15, 0.2) is 17.0 Å². The second-order valence-electron chi connectivity index (χ2n) is 6.32. The number of morpholine rings is 1. The maximum atomic E-state index is 12.6. The van der Waals surface area contributed by atoms with Gasteiger partial charge in [0, 0.05) is 30.9 Å². The molecule has 1 saturated carbocycles. The molecule has 6 nitrogen and oxygen atoms in total. The number of hydrogen-bond donors (Lipinski definition) is 1. The van der Waals surface area contributed by atoms with Gasteiger partial charge >= 0.3 is 0 Å². The van der Waals surface area contributed by atoms with Crippen LogP contribution in [-0.4, -0.2) is 58.7 Å². The van der Waals surface area contributed by atoms with Crippen LogP contribution in [0.25, 0.3) is 0 Å². The molecule has 1 aliphatic heterocycles. The van der Waals surface area contributed by atoms with E-state index >= 15 is 0 Å². The number of rotatable bonds is 4. The molecule has 1 saturated heterocycles. The zero-order valence-electron chi connectivity index (χ0n) is 13.4. The number of carbonyl (C=O) groups excluding carboxylic acids is 1. The van der Waals surface area contributed by atoms with E-state index in [0.29, 0.717) is 10.2 Å². The van der Waals surface area contributed by atoms with Crippen LogP contribution in [0.4, 0.5) is 0 Å². The quantitative estimate of drug-likeness (QED) is 0.862. The van der Waals surface area contributed by atoms with E-state index in [1.54, 1.807) is 6.20 Å². The standard InChI is InChI=1S/C16H23BrN4O2/c1-12(20-15(22)14-13(17)10-18-11-19-14)16(4-2-3-5-16)21-6-8-23-9-7-21/h10-12H,2-9H2,1H3,(H,20,22)/t12-/m1/s1. The minimum atomic E-state index is -0.147. The van der Waals surface area contributed by atoms with Crippen molar-refractivity contribution in [3.63, 3.8) is 0 Å². The monoisotopic (exact) mass is 382 g/mol. The van der Waals surface area contributed by atoms with Crippen LogP contribution >= 0.6 is 15.9 Å². The van der Waals surface area contributed by atoms with Gasteiger partial charge in [-0.05, 0) is 35.7 Å². The van der Waals surface area contributed by atoms with Gasteiger partial charge in [0.05, 0.1) is 17.7 Å². The van der Waals surface area contributed by atoms with Crippen LogP contribution in [-0.2, 0) is 4.74 Å². The highest BCUT2D eigenvalue weighted by molar-refractivity contribution is 9.10. The summed E-state index contributed by atoms with van der Waals surface area (Å²) >= 11 is 3.35. The Morgan fingerprint density at radius 2 is 2.09 bits per heavy atom. The highest BCUT2D eigenvalue weighted by atomic mass is 79.9. The first-order chi connectivity index (χ1) is 11.1. The van der Waals surface area contributed by atoms with Crippen LogP contribution in [0.1, 0.15) is 43.1 Å². The van der Waals surface area contributed by atoms with E-state index in [0.717, 1.165) is 39.1 Å². The molecule has 1 aromatic heterocycles. The van der Waals surface area contributed by atoms with Gasteiger partial charge in [-0.3, -0.25) is 9.69 Å². The molecule has 2 aliphatic rings. The smallest absolute Gasteiger partial charge is 0.271 e. The fourth-order valence-electron chi connectivity index (χ4n) is 3.90. The molecule has 2 fully saturated rings. The molecule has 0 spiro atoms. The Morgan fingerprint density at radius 1 is 1.39 bits per heavy atom. The molecule has 0 bridgehead atoms. The van der Waals surface area contributed by atoms with Gasteiger partial charge in [-0.25, -0.2) is 9.97 Å². The Hall–Kier alpha value is -1.05. The van der Waals surface area contributed by atoms with Crippen molar-refractivity contribution in [1.82, 2.24) is 20.2 Å². The third kappa shape index (κ3) is 3.41. The van der Waals surface area contributed by atoms with Gasteiger partial charge in [-0.2, -0.15) is 0 Å². The maximum Gasteiger partial charge on any atom is 0.271 e. The van der Waals surface area contributed by atoms with Crippen molar-refractivity contribution < 1.29 is 9.53 Å². The van der Waals surface area contributed by atoms with Gasteiger partial charge in [-0.15, -0.1) is 0 Å². The van der Waals surface area contributed by atoms with Gasteiger partial charge in [0.25, 0.3) is 5.91 Å². The summed E-state index contributed by atoms with van der Waals surface area (Å²) in [5, 5.41) is 3.18. The first-order valence-corrected chi connectivity index (χ1v) is 9.02. The number of hydrogen-bond acceptors (Lipinski definition) is 5. The van der Waals surface area contributed by atoms with E-state index in [1.807, 2.05) is 0 Å². The summed E-state index contributed by atoms with van der Waals surface area (Å²) in [5.41, 5.74) is 0.431. The Kier molecular flexibility index (Phi) is 5.28. The molecule has 7 heteroatoms. The molecule has 0 aromatic carbocycles. The molecule has 126 valence electrons. The van der Waals surface area contributed by atoms with E-state index < -0.39 is 0 Å². The second kappa shape index (κ2) is 7.23. The molecule has 1 atom stereocenters. The van der Waals surface area contributed by atoms with Crippen LogP contribution in [0.2, 0.25) is 0 Å². The summed E-state index contributed by atoms with van der Waals surface area (Å²) in [5.74, 6) is -0.147. The lowest BCUT2D eigenvalue weighted by atomic mass is 9.86. The number of ether oxygens (including phenoxy) is 1. The van der Waals surface area contributed by atoms with Gasteiger partial charge in [0.2, 0.25) is 0 Å². The van der Waals surface area contributed by atoms with Crippen LogP contribution in [0, 0.1) is 0 Å². The predicted molar refractivity (Wildman–Crippen MR) is 90.3 cm³/mol. The first kappa shape index (κ1) is 16.8. The van der Waals surface area contributed by atoms with Gasteiger partial charge < -0.3 is 10.1 Å². The van der Waals surface area contributed by atoms with Crippen LogP contribution in [0.3, 0.4) is 0 Å². The normalized spacial score (nSPS) is 22.7. The molecule has 1 aliphatic carbocycles. The average Bonchev–Trinajstić information content (AvgIpc) is 3.07. The van der Waals surface area contributed by atoms with Crippen molar-refractivity contribution in [3.05, 3.63) is 22.7 Å². The van der Waals surface area contributed by atoms with Crippen molar-refractivity contribution in [2.75, 3.05) is 26.3 Å². The Bertz CT molecular complexity index is 557. The molecule has 23 heavy (non-hydrogen) atoms. The molecule has 2 heterocycles. The lowest BCUT2D eigenvalue weighted by molar-refractivity contribution is -0.0323. The highest BCUT2D eigenvalue weighted by Gasteiger charge is 2.45. The summed E-state index contributed by atoms with van der Waals surface area (Å²) in [7, 11) is 0. The Balaban J connectivity index is 1.75. The average molecular weight is 383 g/mol. The molecular weight excluding hydrogens is 360 g/mol. The number of amides is 1. The SMILES string of the molecule is C[C@@H](NC(=O)c1ncncc1Br)C1(N2CCOCC2)CCCC1. The molecule has 1 amide bonds. The molecule has 0 unspecified atom stereocenters. The van der Waals surface area contributed by atoms with Gasteiger partial charge in [0.1, 0.15) is 12.0 Å². The Morgan fingerprint density at radius 3 is 2.74 bits per heavy atom.